The molecule has 2 rings (SSSR count). The Kier molecular flexibility index (Phi) is 4.55. The first-order valence-corrected chi connectivity index (χ1v) is 6.39. The third-order valence-corrected chi connectivity index (χ3v) is 3.09. The molecule has 0 aliphatic rings. The molecule has 1 unspecified atom stereocenters. The smallest absolute Gasteiger partial charge is 0.0942 e. The molecule has 1 atom stereocenters. The van der Waals surface area contributed by atoms with Crippen molar-refractivity contribution in [1.29, 1.82) is 0 Å². The van der Waals surface area contributed by atoms with Crippen molar-refractivity contribution in [1.82, 2.24) is 0 Å². The summed E-state index contributed by atoms with van der Waals surface area (Å²) < 4.78 is 0. The van der Waals surface area contributed by atoms with Gasteiger partial charge < -0.3 is 15.5 Å². The zero-order chi connectivity index (χ0) is 13.7. The lowest BCUT2D eigenvalue weighted by Gasteiger charge is -2.11. The lowest BCUT2D eigenvalue weighted by atomic mass is 10.0. The van der Waals surface area contributed by atoms with Crippen LogP contribution in [0.25, 0.3) is 11.1 Å². The number of aryl methyl sites for hydroxylation is 1. The van der Waals surface area contributed by atoms with Crippen molar-refractivity contribution in [3.05, 3.63) is 54.1 Å². The lowest BCUT2D eigenvalue weighted by Crippen LogP contribution is -2.22. The predicted molar refractivity (Wildman–Crippen MR) is 78.2 cm³/mol. The molecule has 2 aromatic rings. The number of hydrogen-bond donors (Lipinski definition) is 3. The number of anilines is 1. The molecule has 0 saturated heterocycles. The molecule has 100 valence electrons. The maximum atomic E-state index is 9.28. The second kappa shape index (κ2) is 6.36. The van der Waals surface area contributed by atoms with Crippen molar-refractivity contribution < 1.29 is 10.2 Å². The minimum Gasteiger partial charge on any atom is -0.394 e. The molecule has 0 aliphatic heterocycles. The predicted octanol–water partition coefficient (Wildman–Crippen LogP) is 2.43. The average Bonchev–Trinajstić information content (AvgIpc) is 2.46. The second-order valence-electron chi connectivity index (χ2n) is 4.61. The summed E-state index contributed by atoms with van der Waals surface area (Å²) in [6.45, 7) is 2.22. The summed E-state index contributed by atoms with van der Waals surface area (Å²) in [5.74, 6) is 0. The third-order valence-electron chi connectivity index (χ3n) is 3.09. The zero-order valence-corrected chi connectivity index (χ0v) is 11.0. The highest BCUT2D eigenvalue weighted by molar-refractivity contribution is 5.69. The SMILES string of the molecule is Cc1ccccc1-c1ccc(NCC(O)CO)cc1. The molecule has 0 aliphatic carbocycles. The number of aliphatic hydroxyl groups is 2. The van der Waals surface area contributed by atoms with Gasteiger partial charge in [0.2, 0.25) is 0 Å². The van der Waals surface area contributed by atoms with Crippen LogP contribution in [0.15, 0.2) is 48.5 Å². The maximum Gasteiger partial charge on any atom is 0.0942 e. The number of rotatable bonds is 5. The number of nitrogens with one attached hydrogen (secondary N) is 1. The van der Waals surface area contributed by atoms with Gasteiger partial charge in [-0.15, -0.1) is 0 Å². The maximum absolute atomic E-state index is 9.28. The lowest BCUT2D eigenvalue weighted by molar-refractivity contribution is 0.105. The Morgan fingerprint density at radius 1 is 1.05 bits per heavy atom. The standard InChI is InChI=1S/C16H19NO2/c1-12-4-2-3-5-16(12)13-6-8-14(9-7-13)17-10-15(19)11-18/h2-9,15,17-19H,10-11H2,1H3. The minimum absolute atomic E-state index is 0.228. The van der Waals surface area contributed by atoms with Gasteiger partial charge in [0.25, 0.3) is 0 Å². The summed E-state index contributed by atoms with van der Waals surface area (Å²) in [6.07, 6.45) is -0.726. The first-order valence-electron chi connectivity index (χ1n) is 6.39. The molecule has 0 amide bonds. The molecule has 0 spiro atoms. The molecule has 3 heteroatoms. The van der Waals surface area contributed by atoms with E-state index >= 15 is 0 Å². The zero-order valence-electron chi connectivity index (χ0n) is 11.0. The molecule has 0 heterocycles. The van der Waals surface area contributed by atoms with E-state index in [1.165, 1.54) is 16.7 Å². The van der Waals surface area contributed by atoms with Crippen LogP contribution in [0.4, 0.5) is 5.69 Å². The van der Waals surface area contributed by atoms with E-state index in [9.17, 15) is 5.11 Å². The van der Waals surface area contributed by atoms with Gasteiger partial charge in [-0.2, -0.15) is 0 Å². The Morgan fingerprint density at radius 2 is 1.74 bits per heavy atom. The van der Waals surface area contributed by atoms with Crippen LogP contribution in [-0.2, 0) is 0 Å². The third kappa shape index (κ3) is 3.56. The number of hydrogen-bond acceptors (Lipinski definition) is 3. The van der Waals surface area contributed by atoms with Crippen molar-refractivity contribution in [2.24, 2.45) is 0 Å². The van der Waals surface area contributed by atoms with Gasteiger partial charge in [0.05, 0.1) is 12.7 Å². The first-order chi connectivity index (χ1) is 9.20. The van der Waals surface area contributed by atoms with Crippen molar-refractivity contribution in [2.45, 2.75) is 13.0 Å². The molecule has 0 bridgehead atoms. The summed E-state index contributed by atoms with van der Waals surface area (Å²) in [5, 5.41) is 21.1. The highest BCUT2D eigenvalue weighted by Crippen LogP contribution is 2.24. The molecular weight excluding hydrogens is 238 g/mol. The molecule has 3 N–H and O–H groups in total. The molecule has 0 fully saturated rings. The monoisotopic (exact) mass is 257 g/mol. The van der Waals surface area contributed by atoms with Gasteiger partial charge in [-0.25, -0.2) is 0 Å². The van der Waals surface area contributed by atoms with Crippen molar-refractivity contribution in [3.63, 3.8) is 0 Å². The molecule has 19 heavy (non-hydrogen) atoms. The molecule has 0 radical (unpaired) electrons. The van der Waals surface area contributed by atoms with Gasteiger partial charge in [0.1, 0.15) is 0 Å². The van der Waals surface area contributed by atoms with E-state index in [0.29, 0.717) is 6.54 Å². The van der Waals surface area contributed by atoms with Crippen LogP contribution in [0.1, 0.15) is 5.56 Å². The quantitative estimate of drug-likeness (QED) is 0.771. The minimum atomic E-state index is -0.726. The van der Waals surface area contributed by atoms with E-state index in [2.05, 4.69) is 36.5 Å². The molecular formula is C16H19NO2. The van der Waals surface area contributed by atoms with Gasteiger partial charge in [0, 0.05) is 12.2 Å². The second-order valence-corrected chi connectivity index (χ2v) is 4.61. The Hall–Kier alpha value is -1.84. The van der Waals surface area contributed by atoms with Crippen LogP contribution in [0.2, 0.25) is 0 Å². The summed E-state index contributed by atoms with van der Waals surface area (Å²) in [4.78, 5) is 0. The molecule has 0 aromatic heterocycles. The number of aliphatic hydroxyl groups excluding tert-OH is 2. The van der Waals surface area contributed by atoms with Crippen LogP contribution in [0, 0.1) is 6.92 Å². The fraction of sp³-hybridized carbons (Fsp3) is 0.250. The first kappa shape index (κ1) is 13.6. The topological polar surface area (TPSA) is 52.5 Å². The number of benzene rings is 2. The van der Waals surface area contributed by atoms with E-state index < -0.39 is 6.10 Å². The van der Waals surface area contributed by atoms with Crippen LogP contribution >= 0.6 is 0 Å². The molecule has 3 nitrogen and oxygen atoms in total. The Morgan fingerprint density at radius 3 is 2.37 bits per heavy atom. The largest absolute Gasteiger partial charge is 0.394 e. The van der Waals surface area contributed by atoms with Crippen LogP contribution in [0.3, 0.4) is 0 Å². The van der Waals surface area contributed by atoms with Gasteiger partial charge in [-0.3, -0.25) is 0 Å². The van der Waals surface area contributed by atoms with E-state index in [1.807, 2.05) is 24.3 Å². The summed E-state index contributed by atoms with van der Waals surface area (Å²) in [5.41, 5.74) is 4.58. The van der Waals surface area contributed by atoms with Crippen molar-refractivity contribution >= 4 is 5.69 Å². The van der Waals surface area contributed by atoms with Gasteiger partial charge in [0.15, 0.2) is 0 Å². The van der Waals surface area contributed by atoms with Crippen LogP contribution in [-0.4, -0.2) is 29.5 Å². The van der Waals surface area contributed by atoms with Crippen molar-refractivity contribution in [3.8, 4) is 11.1 Å². The van der Waals surface area contributed by atoms with E-state index in [-0.39, 0.29) is 6.61 Å². The van der Waals surface area contributed by atoms with E-state index in [1.54, 1.807) is 0 Å². The Labute approximate surface area is 113 Å². The van der Waals surface area contributed by atoms with E-state index in [0.717, 1.165) is 5.69 Å². The highest BCUT2D eigenvalue weighted by atomic mass is 16.3. The Balaban J connectivity index is 2.09. The fourth-order valence-electron chi connectivity index (χ4n) is 1.96. The molecule has 2 aromatic carbocycles. The van der Waals surface area contributed by atoms with Crippen molar-refractivity contribution in [2.75, 3.05) is 18.5 Å². The van der Waals surface area contributed by atoms with Crippen LogP contribution < -0.4 is 5.32 Å². The highest BCUT2D eigenvalue weighted by Gasteiger charge is 2.03. The van der Waals surface area contributed by atoms with E-state index in [4.69, 9.17) is 5.11 Å². The normalized spacial score (nSPS) is 12.2. The summed E-state index contributed by atoms with van der Waals surface area (Å²) >= 11 is 0. The average molecular weight is 257 g/mol. The fourth-order valence-corrected chi connectivity index (χ4v) is 1.96. The Bertz CT molecular complexity index is 523. The van der Waals surface area contributed by atoms with Gasteiger partial charge in [-0.05, 0) is 35.7 Å². The summed E-state index contributed by atoms with van der Waals surface area (Å²) in [6, 6.07) is 16.3. The van der Waals surface area contributed by atoms with Gasteiger partial charge in [-0.1, -0.05) is 36.4 Å². The van der Waals surface area contributed by atoms with Gasteiger partial charge >= 0.3 is 0 Å². The van der Waals surface area contributed by atoms with Crippen LogP contribution in [0.5, 0.6) is 0 Å². The summed E-state index contributed by atoms with van der Waals surface area (Å²) in [7, 11) is 0. The molecule has 0 saturated carbocycles.